The molecule has 1 atom stereocenters. The Kier molecular flexibility index (Phi) is 6.17. The van der Waals surface area contributed by atoms with Gasteiger partial charge in [-0.25, -0.2) is 0 Å². The van der Waals surface area contributed by atoms with E-state index in [1.54, 1.807) is 61.0 Å². The van der Waals surface area contributed by atoms with Crippen molar-refractivity contribution in [1.29, 1.82) is 0 Å². The van der Waals surface area contributed by atoms with Crippen LogP contribution in [0.3, 0.4) is 0 Å². The van der Waals surface area contributed by atoms with Gasteiger partial charge in [-0.3, -0.25) is 19.1 Å². The summed E-state index contributed by atoms with van der Waals surface area (Å²) in [4.78, 5) is 41.6. The first-order valence-electron chi connectivity index (χ1n) is 8.54. The van der Waals surface area contributed by atoms with Crippen molar-refractivity contribution in [2.45, 2.75) is 25.8 Å². The van der Waals surface area contributed by atoms with Crippen LogP contribution in [-0.4, -0.2) is 83.0 Å². The Bertz CT molecular complexity index is 606. The zero-order valence-corrected chi connectivity index (χ0v) is 15.4. The molecule has 0 bridgehead atoms. The summed E-state index contributed by atoms with van der Waals surface area (Å²) in [6, 6.07) is 1.31. The normalized spacial score (nSPS) is 16.4. The first-order chi connectivity index (χ1) is 11.8. The largest absolute Gasteiger partial charge is 0.349 e. The predicted octanol–water partition coefficient (Wildman–Crippen LogP) is 0.229. The molecule has 1 fully saturated rings. The molecule has 1 unspecified atom stereocenters. The van der Waals surface area contributed by atoms with Crippen LogP contribution in [0.2, 0.25) is 0 Å². The minimum absolute atomic E-state index is 0.0155. The first kappa shape index (κ1) is 19.0. The van der Waals surface area contributed by atoms with E-state index in [9.17, 15) is 14.4 Å². The molecule has 2 rings (SSSR count). The monoisotopic (exact) mass is 349 g/mol. The molecule has 8 heteroatoms. The fourth-order valence-corrected chi connectivity index (χ4v) is 3.06. The SMILES string of the molecule is CC(C(=O)N(C)CC(=O)N1CCC(C(=O)N(C)C)CC1)n1cccn1. The maximum atomic E-state index is 12.4. The molecule has 0 saturated carbocycles. The standard InChI is InChI=1S/C17H27N5O3/c1-13(22-9-5-8-18-22)16(24)20(4)12-15(23)21-10-6-14(7-11-21)17(25)19(2)3/h5,8-9,13-14H,6-7,10-12H2,1-4H3. The Balaban J connectivity index is 1.84. The Labute approximate surface area is 148 Å². The van der Waals surface area contributed by atoms with Gasteiger partial charge in [0, 0.05) is 52.5 Å². The van der Waals surface area contributed by atoms with Gasteiger partial charge in [-0.05, 0) is 25.8 Å². The van der Waals surface area contributed by atoms with E-state index in [1.807, 2.05) is 0 Å². The average Bonchev–Trinajstić information content (AvgIpc) is 3.14. The van der Waals surface area contributed by atoms with Gasteiger partial charge in [-0.15, -0.1) is 0 Å². The summed E-state index contributed by atoms with van der Waals surface area (Å²) in [5.41, 5.74) is 0. The molecule has 0 N–H and O–H groups in total. The van der Waals surface area contributed by atoms with E-state index in [-0.39, 0.29) is 30.2 Å². The second-order valence-corrected chi connectivity index (χ2v) is 6.74. The Hall–Kier alpha value is -2.38. The van der Waals surface area contributed by atoms with Crippen molar-refractivity contribution in [1.82, 2.24) is 24.5 Å². The van der Waals surface area contributed by atoms with Crippen LogP contribution >= 0.6 is 0 Å². The molecule has 138 valence electrons. The average molecular weight is 349 g/mol. The van der Waals surface area contributed by atoms with Crippen molar-refractivity contribution < 1.29 is 14.4 Å². The van der Waals surface area contributed by atoms with E-state index < -0.39 is 6.04 Å². The lowest BCUT2D eigenvalue weighted by Crippen LogP contribution is -2.47. The van der Waals surface area contributed by atoms with Crippen molar-refractivity contribution in [3.8, 4) is 0 Å². The van der Waals surface area contributed by atoms with Crippen molar-refractivity contribution in [2.24, 2.45) is 5.92 Å². The fourth-order valence-electron chi connectivity index (χ4n) is 3.06. The minimum atomic E-state index is -0.448. The van der Waals surface area contributed by atoms with Crippen LogP contribution in [0.25, 0.3) is 0 Å². The molecule has 1 aromatic heterocycles. The Morgan fingerprint density at radius 3 is 2.36 bits per heavy atom. The topological polar surface area (TPSA) is 78.8 Å². The van der Waals surface area contributed by atoms with Gasteiger partial charge in [0.2, 0.25) is 17.7 Å². The predicted molar refractivity (Wildman–Crippen MR) is 92.6 cm³/mol. The number of hydrogen-bond acceptors (Lipinski definition) is 4. The minimum Gasteiger partial charge on any atom is -0.349 e. The van der Waals surface area contributed by atoms with E-state index >= 15 is 0 Å². The van der Waals surface area contributed by atoms with Crippen LogP contribution in [-0.2, 0) is 14.4 Å². The number of hydrogen-bond donors (Lipinski definition) is 0. The second-order valence-electron chi connectivity index (χ2n) is 6.74. The number of piperidine rings is 1. The summed E-state index contributed by atoms with van der Waals surface area (Å²) >= 11 is 0. The molecule has 3 amide bonds. The molecule has 1 aromatic rings. The van der Waals surface area contributed by atoms with Gasteiger partial charge in [0.05, 0.1) is 6.54 Å². The third-order valence-electron chi connectivity index (χ3n) is 4.67. The van der Waals surface area contributed by atoms with E-state index in [2.05, 4.69) is 5.10 Å². The number of likely N-dealkylation sites (N-methyl/N-ethyl adjacent to an activating group) is 1. The molecule has 1 aliphatic heterocycles. The lowest BCUT2D eigenvalue weighted by Gasteiger charge is -2.33. The highest BCUT2D eigenvalue weighted by molar-refractivity contribution is 5.86. The zero-order chi connectivity index (χ0) is 18.6. The van der Waals surface area contributed by atoms with Crippen LogP contribution < -0.4 is 0 Å². The van der Waals surface area contributed by atoms with E-state index in [4.69, 9.17) is 0 Å². The molecule has 25 heavy (non-hydrogen) atoms. The highest BCUT2D eigenvalue weighted by atomic mass is 16.2. The molecule has 1 aliphatic rings. The van der Waals surface area contributed by atoms with Gasteiger partial charge < -0.3 is 14.7 Å². The molecule has 2 heterocycles. The van der Waals surface area contributed by atoms with Gasteiger partial charge in [0.25, 0.3) is 0 Å². The van der Waals surface area contributed by atoms with Crippen molar-refractivity contribution in [3.63, 3.8) is 0 Å². The molecular formula is C17H27N5O3. The summed E-state index contributed by atoms with van der Waals surface area (Å²) in [7, 11) is 5.13. The number of amides is 3. The van der Waals surface area contributed by atoms with Gasteiger partial charge in [0.1, 0.15) is 6.04 Å². The second kappa shape index (κ2) is 8.13. The highest BCUT2D eigenvalue weighted by Crippen LogP contribution is 2.19. The van der Waals surface area contributed by atoms with Gasteiger partial charge in [-0.1, -0.05) is 0 Å². The fraction of sp³-hybridized carbons (Fsp3) is 0.647. The van der Waals surface area contributed by atoms with Crippen LogP contribution in [0.5, 0.6) is 0 Å². The first-order valence-corrected chi connectivity index (χ1v) is 8.54. The third-order valence-corrected chi connectivity index (χ3v) is 4.67. The lowest BCUT2D eigenvalue weighted by molar-refractivity contribution is -0.143. The van der Waals surface area contributed by atoms with Crippen molar-refractivity contribution in [3.05, 3.63) is 18.5 Å². The van der Waals surface area contributed by atoms with E-state index in [0.717, 1.165) is 0 Å². The molecule has 0 radical (unpaired) electrons. The summed E-state index contributed by atoms with van der Waals surface area (Å²) in [6.07, 6.45) is 4.69. The number of carbonyl (C=O) groups is 3. The van der Waals surface area contributed by atoms with Gasteiger partial charge >= 0.3 is 0 Å². The van der Waals surface area contributed by atoms with E-state index in [1.165, 1.54) is 4.90 Å². The zero-order valence-electron chi connectivity index (χ0n) is 15.4. The molecule has 8 nitrogen and oxygen atoms in total. The van der Waals surface area contributed by atoms with Crippen LogP contribution in [0.1, 0.15) is 25.8 Å². The highest BCUT2D eigenvalue weighted by Gasteiger charge is 2.29. The van der Waals surface area contributed by atoms with Crippen molar-refractivity contribution >= 4 is 17.7 Å². The van der Waals surface area contributed by atoms with Gasteiger partial charge in [-0.2, -0.15) is 5.10 Å². The molecular weight excluding hydrogens is 322 g/mol. The number of rotatable bonds is 5. The van der Waals surface area contributed by atoms with Crippen LogP contribution in [0.15, 0.2) is 18.5 Å². The summed E-state index contributed by atoms with van der Waals surface area (Å²) in [6.45, 7) is 2.91. The molecule has 0 aromatic carbocycles. The number of nitrogens with zero attached hydrogens (tertiary/aromatic N) is 5. The van der Waals surface area contributed by atoms with Crippen LogP contribution in [0, 0.1) is 5.92 Å². The number of likely N-dealkylation sites (tertiary alicyclic amines) is 1. The van der Waals surface area contributed by atoms with Gasteiger partial charge in [0.15, 0.2) is 0 Å². The third kappa shape index (κ3) is 4.58. The summed E-state index contributed by atoms with van der Waals surface area (Å²) in [5.74, 6) is -0.139. The maximum Gasteiger partial charge on any atom is 0.247 e. The van der Waals surface area contributed by atoms with Crippen LogP contribution in [0.4, 0.5) is 0 Å². The number of aromatic nitrogens is 2. The molecule has 0 spiro atoms. The smallest absolute Gasteiger partial charge is 0.247 e. The lowest BCUT2D eigenvalue weighted by atomic mass is 9.95. The Morgan fingerprint density at radius 2 is 1.84 bits per heavy atom. The molecule has 1 saturated heterocycles. The van der Waals surface area contributed by atoms with Crippen molar-refractivity contribution in [2.75, 3.05) is 40.8 Å². The quantitative estimate of drug-likeness (QED) is 0.762. The number of carbonyl (C=O) groups excluding carboxylic acids is 3. The maximum absolute atomic E-state index is 12.4. The summed E-state index contributed by atoms with van der Waals surface area (Å²) < 4.78 is 1.57. The summed E-state index contributed by atoms with van der Waals surface area (Å²) in [5, 5.41) is 4.07. The van der Waals surface area contributed by atoms with E-state index in [0.29, 0.717) is 25.9 Å². The Morgan fingerprint density at radius 1 is 1.20 bits per heavy atom. The molecule has 0 aliphatic carbocycles.